The van der Waals surface area contributed by atoms with Crippen molar-refractivity contribution in [3.8, 4) is 22.5 Å². The van der Waals surface area contributed by atoms with Gasteiger partial charge in [-0.05, 0) is 140 Å². The lowest BCUT2D eigenvalue weighted by Gasteiger charge is -2.44. The Hall–Kier alpha value is -6.45. The molecule has 0 saturated heterocycles. The van der Waals surface area contributed by atoms with Gasteiger partial charge in [0.25, 0.3) is 6.71 Å². The van der Waals surface area contributed by atoms with E-state index in [2.05, 4.69) is 261 Å². The van der Waals surface area contributed by atoms with Gasteiger partial charge in [-0.15, -0.1) is 0 Å². The molecule has 0 atom stereocenters. The van der Waals surface area contributed by atoms with E-state index in [0.29, 0.717) is 0 Å². The minimum absolute atomic E-state index is 0.00865. The van der Waals surface area contributed by atoms with Crippen LogP contribution in [0.15, 0.2) is 127 Å². The van der Waals surface area contributed by atoms with Gasteiger partial charge < -0.3 is 9.13 Å². The topological polar surface area (TPSA) is 9.86 Å². The number of hydrogen-bond donors (Lipinski definition) is 0. The van der Waals surface area contributed by atoms with Crippen molar-refractivity contribution >= 4 is 113 Å². The summed E-state index contributed by atoms with van der Waals surface area (Å²) in [5.41, 5.74) is 31.8. The van der Waals surface area contributed by atoms with Crippen molar-refractivity contribution in [3.05, 3.63) is 161 Å². The summed E-state index contributed by atoms with van der Waals surface area (Å²) in [4.78, 5) is 0. The maximum absolute atomic E-state index is 2.84. The van der Waals surface area contributed by atoms with Crippen molar-refractivity contribution in [3.63, 3.8) is 0 Å². The zero-order valence-electron chi connectivity index (χ0n) is 49.3. The summed E-state index contributed by atoms with van der Waals surface area (Å²) in [6.45, 7) is 43.0. The van der Waals surface area contributed by atoms with Gasteiger partial charge in [0, 0.05) is 55.0 Å². The molecule has 4 aliphatic heterocycles. The fourth-order valence-electron chi connectivity index (χ4n) is 14.6. The van der Waals surface area contributed by atoms with Gasteiger partial charge >= 0.3 is 0 Å². The van der Waals surface area contributed by atoms with Gasteiger partial charge in [-0.25, -0.2) is 0 Å². The lowest BCUT2D eigenvalue weighted by molar-refractivity contribution is 0.590. The molecule has 0 bridgehead atoms. The zero-order chi connectivity index (χ0) is 54.3. The first-order chi connectivity index (χ1) is 36.0. The second-order valence-electron chi connectivity index (χ2n) is 30.2. The molecule has 0 radical (unpaired) electrons. The fourth-order valence-corrected chi connectivity index (χ4v) is 14.6. The molecular formula is C72H75B3N2. The Bertz CT molecular complexity index is 3980. The highest BCUT2D eigenvalue weighted by atomic mass is 15.0. The fraction of sp³-hybridized carbons (Fsp3) is 0.333. The first kappa shape index (κ1) is 48.9. The van der Waals surface area contributed by atoms with Crippen LogP contribution in [0, 0.1) is 0 Å². The molecule has 0 spiro atoms. The Kier molecular flexibility index (Phi) is 9.66. The molecule has 4 aliphatic rings. The lowest BCUT2D eigenvalue weighted by atomic mass is 9.26. The summed E-state index contributed by atoms with van der Waals surface area (Å²) in [6.07, 6.45) is 0. The Morgan fingerprint density at radius 2 is 0.571 bits per heavy atom. The third-order valence-corrected chi connectivity index (χ3v) is 18.9. The van der Waals surface area contributed by atoms with E-state index in [1.54, 1.807) is 0 Å². The van der Waals surface area contributed by atoms with E-state index in [9.17, 15) is 0 Å². The van der Waals surface area contributed by atoms with Gasteiger partial charge in [0.05, 0.1) is 0 Å². The molecule has 2 nitrogen and oxygen atoms in total. The third kappa shape index (κ3) is 6.71. The standard InChI is InChI=1S/C72H75B3N2/c1-67(2,3)41-24-28-47(29-25-41)73-53-36-43(69(7,8)9)32-49-51-34-45(71(13,14)15)38-55-63(51)76(61(49)53)65-58(73)57(40-22-20-19-21-23-40)59-66-60(65)75(55)56-39-46(72(16,17)18)35-52-50-33-44(70(10,11)12)37-54(62(50)77(66)64(52)56)74(59)48-30-26-42(27-31-48)68(4,5)6/h19-39H,1-18H3. The van der Waals surface area contributed by atoms with Gasteiger partial charge in [0.2, 0.25) is 13.4 Å². The normalized spacial score (nSPS) is 14.8. The maximum atomic E-state index is 2.84. The van der Waals surface area contributed by atoms with Gasteiger partial charge in [-0.1, -0.05) is 239 Å². The van der Waals surface area contributed by atoms with Crippen LogP contribution in [0.3, 0.4) is 0 Å². The minimum Gasteiger partial charge on any atom is -0.311 e. The molecule has 8 aromatic carbocycles. The van der Waals surface area contributed by atoms with E-state index in [-0.39, 0.29) is 52.6 Å². The molecule has 14 rings (SSSR count). The molecule has 2 aromatic heterocycles. The summed E-state index contributed by atoms with van der Waals surface area (Å²) in [5, 5.41) is 5.54. The van der Waals surface area contributed by atoms with Crippen LogP contribution >= 0.6 is 0 Å². The van der Waals surface area contributed by atoms with Crippen LogP contribution in [0.1, 0.15) is 158 Å². The van der Waals surface area contributed by atoms with Crippen molar-refractivity contribution in [2.45, 2.75) is 157 Å². The summed E-state index contributed by atoms with van der Waals surface area (Å²) in [7, 11) is 0. The van der Waals surface area contributed by atoms with Gasteiger partial charge in [0.15, 0.2) is 0 Å². The Balaban J connectivity index is 1.30. The average Bonchev–Trinajstić information content (AvgIpc) is 3.11. The van der Waals surface area contributed by atoms with E-state index in [4.69, 9.17) is 0 Å². The van der Waals surface area contributed by atoms with Crippen LogP contribution in [0.2, 0.25) is 0 Å². The number of benzene rings is 8. The second-order valence-corrected chi connectivity index (χ2v) is 30.2. The quantitative estimate of drug-likeness (QED) is 0.156. The lowest BCUT2D eigenvalue weighted by Crippen LogP contribution is -2.70. The average molecular weight is 1000 g/mol. The largest absolute Gasteiger partial charge is 0.311 e. The predicted molar refractivity (Wildman–Crippen MR) is 340 cm³/mol. The number of aromatic nitrogens is 2. The molecule has 0 aliphatic carbocycles. The van der Waals surface area contributed by atoms with Gasteiger partial charge in [0.1, 0.15) is 0 Å². The van der Waals surface area contributed by atoms with Crippen molar-refractivity contribution in [2.75, 3.05) is 0 Å². The summed E-state index contributed by atoms with van der Waals surface area (Å²) in [6, 6.07) is 52.5. The monoisotopic (exact) mass is 1000 g/mol. The molecule has 77 heavy (non-hydrogen) atoms. The molecule has 382 valence electrons. The molecule has 10 aromatic rings. The van der Waals surface area contributed by atoms with Crippen LogP contribution in [0.4, 0.5) is 0 Å². The second kappa shape index (κ2) is 15.2. The molecule has 0 amide bonds. The van der Waals surface area contributed by atoms with Gasteiger partial charge in [-0.2, -0.15) is 0 Å². The molecule has 0 saturated carbocycles. The minimum atomic E-state index is -0.0912. The van der Waals surface area contributed by atoms with Crippen molar-refractivity contribution < 1.29 is 0 Å². The van der Waals surface area contributed by atoms with Crippen molar-refractivity contribution in [1.29, 1.82) is 0 Å². The summed E-state index contributed by atoms with van der Waals surface area (Å²) in [5.74, 6) is 0. The van der Waals surface area contributed by atoms with Crippen LogP contribution < -0.4 is 49.2 Å². The van der Waals surface area contributed by atoms with Crippen molar-refractivity contribution in [1.82, 2.24) is 9.13 Å². The number of hydrogen-bond acceptors (Lipinski definition) is 0. The molecule has 6 heterocycles. The highest BCUT2D eigenvalue weighted by Gasteiger charge is 2.52. The number of fused-ring (bicyclic) bond motifs is 4. The SMILES string of the molecule is CC(C)(C)c1ccc(B2c3c(-c4ccccc4)c4c5c6c3-n3c7c2cc(C(C)(C)C)cc7c2cc(C(C)(C)C)cc(c23)B6c2cc(C(C)(C)C)cc3c6cc(C(C)(C)C)cc(c6n-5c23)B4c2ccc(C(C)(C)C)cc2)cc1. The van der Waals surface area contributed by atoms with Gasteiger partial charge in [-0.3, -0.25) is 0 Å². The highest BCUT2D eigenvalue weighted by molar-refractivity contribution is 7.07. The van der Waals surface area contributed by atoms with E-state index in [1.807, 2.05) is 0 Å². The highest BCUT2D eigenvalue weighted by Crippen LogP contribution is 2.46. The zero-order valence-corrected chi connectivity index (χ0v) is 49.3. The van der Waals surface area contributed by atoms with Crippen LogP contribution in [0.25, 0.3) is 66.1 Å². The maximum Gasteiger partial charge on any atom is 0.252 e. The third-order valence-electron chi connectivity index (χ3n) is 18.9. The van der Waals surface area contributed by atoms with Crippen LogP contribution in [-0.4, -0.2) is 29.3 Å². The molecule has 5 heteroatoms. The molecule has 0 unspecified atom stereocenters. The van der Waals surface area contributed by atoms with Crippen molar-refractivity contribution in [2.24, 2.45) is 0 Å². The van der Waals surface area contributed by atoms with E-state index < -0.39 is 0 Å². The number of rotatable bonds is 3. The molecule has 0 fully saturated rings. The Morgan fingerprint density at radius 1 is 0.286 bits per heavy atom. The first-order valence-corrected chi connectivity index (χ1v) is 28.9. The van der Waals surface area contributed by atoms with E-state index in [0.717, 1.165) is 0 Å². The summed E-state index contributed by atoms with van der Waals surface area (Å²) >= 11 is 0. The van der Waals surface area contributed by atoms with E-state index >= 15 is 0 Å². The summed E-state index contributed by atoms with van der Waals surface area (Å²) < 4.78 is 5.67. The Morgan fingerprint density at radius 3 is 0.857 bits per heavy atom. The first-order valence-electron chi connectivity index (χ1n) is 28.9. The van der Waals surface area contributed by atoms with E-state index in [1.165, 1.54) is 149 Å². The molecule has 0 N–H and O–H groups in total. The Labute approximate surface area is 459 Å². The smallest absolute Gasteiger partial charge is 0.252 e. The molecular weight excluding hydrogens is 925 g/mol. The van der Waals surface area contributed by atoms with Crippen LogP contribution in [0.5, 0.6) is 0 Å². The number of nitrogens with zero attached hydrogens (tertiary/aromatic N) is 2. The predicted octanol–water partition coefficient (Wildman–Crippen LogP) is 12.1. The van der Waals surface area contributed by atoms with Crippen LogP contribution in [-0.2, 0) is 32.5 Å².